The molecule has 3 rings (SSSR count). The van der Waals surface area contributed by atoms with Gasteiger partial charge in [0, 0.05) is 49.8 Å². The summed E-state index contributed by atoms with van der Waals surface area (Å²) in [5.74, 6) is 3.23. The van der Waals surface area contributed by atoms with E-state index in [0.717, 1.165) is 42.4 Å². The number of nitrogens with two attached hydrogens (primary N) is 1. The molecule has 162 valence electrons. The maximum Gasteiger partial charge on any atom is 0.240 e. The molecule has 0 bridgehead atoms. The zero-order valence-corrected chi connectivity index (χ0v) is 18.6. The van der Waals surface area contributed by atoms with Crippen LogP contribution in [0.4, 0.5) is 0 Å². The Balaban J connectivity index is 1.45. The molecule has 1 aliphatic rings. The summed E-state index contributed by atoms with van der Waals surface area (Å²) in [7, 11) is 3.34. The van der Waals surface area contributed by atoms with E-state index in [1.165, 1.54) is 5.56 Å². The Labute approximate surface area is 183 Å². The Kier molecular flexibility index (Phi) is 8.42. The Morgan fingerprint density at radius 1 is 1.07 bits per heavy atom. The summed E-state index contributed by atoms with van der Waals surface area (Å²) in [4.78, 5) is 16.9. The standard InChI is InChI=1S/C23H31N3O3S/c1-28-20-8-9-22(29-2)19(14-20)15-25-10-12-26(13-11-25)23(27)21(24)17-30-16-18-6-4-3-5-7-18/h3-9,14,21H,10-13,15-17,24H2,1-2H3/t21-/m0/s1. The molecule has 2 aromatic rings. The molecule has 1 atom stereocenters. The minimum atomic E-state index is -0.455. The number of benzene rings is 2. The average Bonchev–Trinajstić information content (AvgIpc) is 2.79. The van der Waals surface area contributed by atoms with Gasteiger partial charge >= 0.3 is 0 Å². The van der Waals surface area contributed by atoms with E-state index < -0.39 is 6.04 Å². The Morgan fingerprint density at radius 2 is 1.80 bits per heavy atom. The third-order valence-corrected chi connectivity index (χ3v) is 6.42. The number of rotatable bonds is 9. The summed E-state index contributed by atoms with van der Waals surface area (Å²) in [6, 6.07) is 15.6. The van der Waals surface area contributed by atoms with E-state index in [9.17, 15) is 4.79 Å². The molecule has 0 unspecified atom stereocenters. The molecule has 30 heavy (non-hydrogen) atoms. The predicted octanol–water partition coefficient (Wildman–Crippen LogP) is 2.61. The van der Waals surface area contributed by atoms with Gasteiger partial charge in [0.1, 0.15) is 11.5 Å². The van der Waals surface area contributed by atoms with Crippen molar-refractivity contribution in [3.63, 3.8) is 0 Å². The van der Waals surface area contributed by atoms with Gasteiger partial charge in [-0.25, -0.2) is 0 Å². The first kappa shape index (κ1) is 22.5. The second-order valence-corrected chi connectivity index (χ2v) is 8.42. The smallest absolute Gasteiger partial charge is 0.240 e. The van der Waals surface area contributed by atoms with E-state index >= 15 is 0 Å². The molecule has 0 saturated carbocycles. The molecule has 2 aromatic carbocycles. The molecule has 1 aliphatic heterocycles. The molecule has 1 saturated heterocycles. The molecule has 6 nitrogen and oxygen atoms in total. The van der Waals surface area contributed by atoms with Crippen LogP contribution in [0.3, 0.4) is 0 Å². The van der Waals surface area contributed by atoms with Crippen molar-refractivity contribution >= 4 is 17.7 Å². The lowest BCUT2D eigenvalue weighted by atomic mass is 10.1. The summed E-state index contributed by atoms with van der Waals surface area (Å²) in [5, 5.41) is 0. The summed E-state index contributed by atoms with van der Waals surface area (Å²) >= 11 is 1.71. The number of carbonyl (C=O) groups is 1. The van der Waals surface area contributed by atoms with Crippen molar-refractivity contribution in [2.45, 2.75) is 18.3 Å². The Morgan fingerprint density at radius 3 is 2.47 bits per heavy atom. The monoisotopic (exact) mass is 429 g/mol. The van der Waals surface area contributed by atoms with Crippen molar-refractivity contribution in [1.82, 2.24) is 9.80 Å². The number of carbonyl (C=O) groups excluding carboxylic acids is 1. The predicted molar refractivity (Wildman–Crippen MR) is 122 cm³/mol. The zero-order chi connectivity index (χ0) is 21.3. The maximum absolute atomic E-state index is 12.7. The lowest BCUT2D eigenvalue weighted by Crippen LogP contribution is -2.53. The molecule has 0 radical (unpaired) electrons. The van der Waals surface area contributed by atoms with E-state index in [4.69, 9.17) is 15.2 Å². The molecule has 7 heteroatoms. The van der Waals surface area contributed by atoms with Crippen LogP contribution in [0.25, 0.3) is 0 Å². The van der Waals surface area contributed by atoms with Gasteiger partial charge in [-0.3, -0.25) is 9.69 Å². The van der Waals surface area contributed by atoms with Crippen LogP contribution in [0.2, 0.25) is 0 Å². The minimum Gasteiger partial charge on any atom is -0.497 e. The van der Waals surface area contributed by atoms with Gasteiger partial charge < -0.3 is 20.1 Å². The van der Waals surface area contributed by atoms with E-state index in [2.05, 4.69) is 17.0 Å². The van der Waals surface area contributed by atoms with E-state index in [0.29, 0.717) is 18.8 Å². The highest BCUT2D eigenvalue weighted by atomic mass is 32.2. The van der Waals surface area contributed by atoms with Gasteiger partial charge in [0.15, 0.2) is 0 Å². The number of piperazine rings is 1. The second-order valence-electron chi connectivity index (χ2n) is 7.39. The normalized spacial score (nSPS) is 15.6. The summed E-state index contributed by atoms with van der Waals surface area (Å²) in [6.45, 7) is 3.79. The molecular weight excluding hydrogens is 398 g/mol. The minimum absolute atomic E-state index is 0.0502. The average molecular weight is 430 g/mol. The topological polar surface area (TPSA) is 68.0 Å². The highest BCUT2D eigenvalue weighted by Crippen LogP contribution is 2.25. The zero-order valence-electron chi connectivity index (χ0n) is 17.8. The van der Waals surface area contributed by atoms with Crippen LogP contribution in [0, 0.1) is 0 Å². The molecule has 1 fully saturated rings. The number of nitrogens with zero attached hydrogens (tertiary/aromatic N) is 2. The van der Waals surface area contributed by atoms with Crippen molar-refractivity contribution in [3.05, 3.63) is 59.7 Å². The van der Waals surface area contributed by atoms with Crippen LogP contribution < -0.4 is 15.2 Å². The van der Waals surface area contributed by atoms with Crippen LogP contribution in [0.1, 0.15) is 11.1 Å². The highest BCUT2D eigenvalue weighted by molar-refractivity contribution is 7.98. The van der Waals surface area contributed by atoms with Crippen molar-refractivity contribution < 1.29 is 14.3 Å². The highest BCUT2D eigenvalue weighted by Gasteiger charge is 2.25. The van der Waals surface area contributed by atoms with Crippen LogP contribution in [0.5, 0.6) is 11.5 Å². The lowest BCUT2D eigenvalue weighted by Gasteiger charge is -2.36. The molecule has 2 N–H and O–H groups in total. The third kappa shape index (κ3) is 6.14. The molecule has 1 amide bonds. The van der Waals surface area contributed by atoms with E-state index in [-0.39, 0.29) is 5.91 Å². The number of ether oxygens (including phenoxy) is 2. The second kappa shape index (κ2) is 11.2. The van der Waals surface area contributed by atoms with Crippen LogP contribution in [-0.4, -0.2) is 67.9 Å². The number of hydrogen-bond donors (Lipinski definition) is 1. The lowest BCUT2D eigenvalue weighted by molar-refractivity contribution is -0.133. The maximum atomic E-state index is 12.7. The number of amides is 1. The van der Waals surface area contributed by atoms with Gasteiger partial charge in [0.2, 0.25) is 5.91 Å². The number of hydrogen-bond acceptors (Lipinski definition) is 6. The van der Waals surface area contributed by atoms with Crippen LogP contribution in [-0.2, 0) is 17.1 Å². The molecular formula is C23H31N3O3S. The first-order chi connectivity index (χ1) is 14.6. The third-order valence-electron chi connectivity index (χ3n) is 5.29. The number of thioether (sulfide) groups is 1. The van der Waals surface area contributed by atoms with Gasteiger partial charge in [0.05, 0.1) is 20.3 Å². The fourth-order valence-corrected chi connectivity index (χ4v) is 4.50. The fraction of sp³-hybridized carbons (Fsp3) is 0.435. The first-order valence-electron chi connectivity index (χ1n) is 10.2. The molecule has 1 heterocycles. The Hall–Kier alpha value is -2.22. The fourth-order valence-electron chi connectivity index (χ4n) is 3.56. The van der Waals surface area contributed by atoms with E-state index in [1.54, 1.807) is 26.0 Å². The molecule has 0 aromatic heterocycles. The van der Waals surface area contributed by atoms with Crippen molar-refractivity contribution in [1.29, 1.82) is 0 Å². The molecule has 0 aliphatic carbocycles. The first-order valence-corrected chi connectivity index (χ1v) is 11.4. The van der Waals surface area contributed by atoms with Gasteiger partial charge in [-0.2, -0.15) is 11.8 Å². The summed E-state index contributed by atoms with van der Waals surface area (Å²) in [5.41, 5.74) is 8.53. The summed E-state index contributed by atoms with van der Waals surface area (Å²) in [6.07, 6.45) is 0. The van der Waals surface area contributed by atoms with Crippen molar-refractivity contribution in [2.24, 2.45) is 5.73 Å². The summed E-state index contributed by atoms with van der Waals surface area (Å²) < 4.78 is 10.8. The van der Waals surface area contributed by atoms with Crippen molar-refractivity contribution in [2.75, 3.05) is 46.2 Å². The number of methoxy groups -OCH3 is 2. The molecule has 0 spiro atoms. The van der Waals surface area contributed by atoms with Crippen LogP contribution in [0.15, 0.2) is 48.5 Å². The van der Waals surface area contributed by atoms with Gasteiger partial charge in [-0.05, 0) is 23.8 Å². The van der Waals surface area contributed by atoms with Gasteiger partial charge in [-0.1, -0.05) is 30.3 Å². The van der Waals surface area contributed by atoms with Gasteiger partial charge in [0.25, 0.3) is 0 Å². The van der Waals surface area contributed by atoms with Crippen molar-refractivity contribution in [3.8, 4) is 11.5 Å². The largest absolute Gasteiger partial charge is 0.497 e. The quantitative estimate of drug-likeness (QED) is 0.661. The van der Waals surface area contributed by atoms with Crippen LogP contribution >= 0.6 is 11.8 Å². The Bertz CT molecular complexity index is 811. The van der Waals surface area contributed by atoms with E-state index in [1.807, 2.05) is 41.3 Å². The SMILES string of the molecule is COc1ccc(OC)c(CN2CCN(C(=O)[C@@H](N)CSCc3ccccc3)CC2)c1. The van der Waals surface area contributed by atoms with Gasteiger partial charge in [-0.15, -0.1) is 0 Å².